The third-order valence-corrected chi connectivity index (χ3v) is 2.39. The molecule has 0 unspecified atom stereocenters. The summed E-state index contributed by atoms with van der Waals surface area (Å²) in [4.78, 5) is 11.6. The molecule has 2 N–H and O–H groups in total. The zero-order valence-electron chi connectivity index (χ0n) is 9.03. The van der Waals surface area contributed by atoms with Crippen molar-refractivity contribution >= 4 is 27.6 Å². The number of halogens is 1. The van der Waals surface area contributed by atoms with Crippen molar-refractivity contribution in [3.05, 3.63) is 28.2 Å². The number of esters is 1. The summed E-state index contributed by atoms with van der Waals surface area (Å²) in [6, 6.07) is 5.06. The van der Waals surface area contributed by atoms with E-state index in [1.807, 2.05) is 6.92 Å². The van der Waals surface area contributed by atoms with Gasteiger partial charge in [-0.15, -0.1) is 0 Å². The molecule has 0 amide bonds. The van der Waals surface area contributed by atoms with Crippen molar-refractivity contribution in [3.63, 3.8) is 0 Å². The van der Waals surface area contributed by atoms with Gasteiger partial charge in [-0.05, 0) is 25.1 Å². The molecule has 1 rings (SSSR count). The van der Waals surface area contributed by atoms with Crippen LogP contribution < -0.4 is 5.73 Å². The third-order valence-electron chi connectivity index (χ3n) is 1.90. The highest BCUT2D eigenvalue weighted by Gasteiger charge is 2.11. The monoisotopic (exact) mass is 287 g/mol. The molecule has 0 bridgehead atoms. The number of benzene rings is 1. The Morgan fingerprint density at radius 1 is 1.44 bits per heavy atom. The second-order valence-corrected chi connectivity index (χ2v) is 3.98. The highest BCUT2D eigenvalue weighted by Crippen LogP contribution is 2.19. The minimum absolute atomic E-state index is 0.235. The molecule has 0 atom stereocenters. The van der Waals surface area contributed by atoms with Crippen molar-refractivity contribution in [2.24, 2.45) is 0 Å². The summed E-state index contributed by atoms with van der Waals surface area (Å²) in [7, 11) is 0. The predicted molar refractivity (Wildman–Crippen MR) is 65.3 cm³/mol. The summed E-state index contributed by atoms with van der Waals surface area (Å²) in [5.41, 5.74) is 6.44. The lowest BCUT2D eigenvalue weighted by Gasteiger charge is -2.07. The van der Waals surface area contributed by atoms with Crippen molar-refractivity contribution in [2.75, 3.05) is 25.6 Å². The van der Waals surface area contributed by atoms with Crippen LogP contribution in [0.4, 0.5) is 5.69 Å². The molecule has 1 aromatic rings. The zero-order chi connectivity index (χ0) is 12.0. The number of rotatable bonds is 5. The molecule has 4 nitrogen and oxygen atoms in total. The lowest BCUT2D eigenvalue weighted by molar-refractivity contribution is 0.0336. The number of hydrogen-bond acceptors (Lipinski definition) is 4. The van der Waals surface area contributed by atoms with Crippen LogP contribution in [0.15, 0.2) is 22.7 Å². The summed E-state index contributed by atoms with van der Waals surface area (Å²) in [5, 5.41) is 0. The van der Waals surface area contributed by atoms with Crippen molar-refractivity contribution < 1.29 is 14.3 Å². The number of ether oxygens (including phenoxy) is 2. The lowest BCUT2D eigenvalue weighted by Crippen LogP contribution is -2.12. The topological polar surface area (TPSA) is 61.5 Å². The Labute approximate surface area is 103 Å². The summed E-state index contributed by atoms with van der Waals surface area (Å²) in [6.07, 6.45) is 0. The fourth-order valence-corrected chi connectivity index (χ4v) is 1.48. The number of anilines is 1. The fourth-order valence-electron chi connectivity index (χ4n) is 1.12. The van der Waals surface area contributed by atoms with Crippen LogP contribution in [0.25, 0.3) is 0 Å². The molecule has 0 saturated carbocycles. The molecular formula is C11H14BrNO3. The predicted octanol–water partition coefficient (Wildman–Crippen LogP) is 2.22. The minimum atomic E-state index is -0.432. The summed E-state index contributed by atoms with van der Waals surface area (Å²) in [6.45, 7) is 3.12. The standard InChI is InChI=1S/C11H14BrNO3/c1-2-15-5-6-16-11(14)9-7-8(12)3-4-10(9)13/h3-4,7H,2,5-6,13H2,1H3. The van der Waals surface area contributed by atoms with Crippen molar-refractivity contribution in [1.29, 1.82) is 0 Å². The van der Waals surface area contributed by atoms with E-state index < -0.39 is 5.97 Å². The Hall–Kier alpha value is -1.07. The lowest BCUT2D eigenvalue weighted by atomic mass is 10.2. The zero-order valence-corrected chi connectivity index (χ0v) is 10.6. The van der Waals surface area contributed by atoms with Gasteiger partial charge in [-0.25, -0.2) is 4.79 Å². The maximum absolute atomic E-state index is 11.6. The molecule has 88 valence electrons. The smallest absolute Gasteiger partial charge is 0.340 e. The first-order chi connectivity index (χ1) is 7.65. The third kappa shape index (κ3) is 3.83. The normalized spacial score (nSPS) is 10.1. The van der Waals surface area contributed by atoms with Crippen LogP contribution in [0, 0.1) is 0 Å². The van der Waals surface area contributed by atoms with Gasteiger partial charge in [-0.2, -0.15) is 0 Å². The summed E-state index contributed by atoms with van der Waals surface area (Å²) < 4.78 is 10.8. The van der Waals surface area contributed by atoms with Gasteiger partial charge < -0.3 is 15.2 Å². The van der Waals surface area contributed by atoms with E-state index in [1.54, 1.807) is 18.2 Å². The number of nitrogen functional groups attached to an aromatic ring is 1. The number of nitrogens with two attached hydrogens (primary N) is 1. The average molecular weight is 288 g/mol. The van der Waals surface area contributed by atoms with E-state index in [1.165, 1.54) is 0 Å². The van der Waals surface area contributed by atoms with Gasteiger partial charge in [0.05, 0.1) is 12.2 Å². The number of carbonyl (C=O) groups is 1. The molecule has 0 radical (unpaired) electrons. The first-order valence-corrected chi connectivity index (χ1v) is 5.74. The second-order valence-electron chi connectivity index (χ2n) is 3.06. The Kier molecular flexibility index (Phi) is 5.28. The second kappa shape index (κ2) is 6.50. The SMILES string of the molecule is CCOCCOC(=O)c1cc(Br)ccc1N. The first-order valence-electron chi connectivity index (χ1n) is 4.95. The van der Waals surface area contributed by atoms with Crippen molar-refractivity contribution in [2.45, 2.75) is 6.92 Å². The van der Waals surface area contributed by atoms with Crippen LogP contribution in [-0.4, -0.2) is 25.8 Å². The highest BCUT2D eigenvalue weighted by atomic mass is 79.9. The Balaban J connectivity index is 2.55. The fraction of sp³-hybridized carbons (Fsp3) is 0.364. The van der Waals surface area contributed by atoms with Crippen LogP contribution in [0.5, 0.6) is 0 Å². The quantitative estimate of drug-likeness (QED) is 0.512. The van der Waals surface area contributed by atoms with Crippen LogP contribution >= 0.6 is 15.9 Å². The van der Waals surface area contributed by atoms with E-state index >= 15 is 0 Å². The van der Waals surface area contributed by atoms with Crippen LogP contribution in [0.1, 0.15) is 17.3 Å². The Morgan fingerprint density at radius 3 is 2.88 bits per heavy atom. The van der Waals surface area contributed by atoms with Crippen molar-refractivity contribution in [3.8, 4) is 0 Å². The molecule has 0 aliphatic heterocycles. The Bertz CT molecular complexity index is 368. The largest absolute Gasteiger partial charge is 0.460 e. The maximum atomic E-state index is 11.6. The van der Waals surface area contributed by atoms with E-state index in [0.29, 0.717) is 24.5 Å². The number of carbonyl (C=O) groups excluding carboxylic acids is 1. The molecule has 16 heavy (non-hydrogen) atoms. The molecule has 5 heteroatoms. The first kappa shape index (κ1) is 13.0. The van der Waals surface area contributed by atoms with Gasteiger partial charge in [0.25, 0.3) is 0 Å². The average Bonchev–Trinajstić information content (AvgIpc) is 2.27. The van der Waals surface area contributed by atoms with Crippen molar-refractivity contribution in [1.82, 2.24) is 0 Å². The highest BCUT2D eigenvalue weighted by molar-refractivity contribution is 9.10. The molecule has 0 heterocycles. The molecule has 0 aliphatic rings. The van der Waals surface area contributed by atoms with Gasteiger partial charge >= 0.3 is 5.97 Å². The van der Waals surface area contributed by atoms with Crippen LogP contribution in [0.3, 0.4) is 0 Å². The Morgan fingerprint density at radius 2 is 2.19 bits per heavy atom. The molecule has 0 spiro atoms. The van der Waals surface area contributed by atoms with Gasteiger partial charge in [0.1, 0.15) is 6.61 Å². The van der Waals surface area contributed by atoms with E-state index in [0.717, 1.165) is 4.47 Å². The summed E-state index contributed by atoms with van der Waals surface area (Å²) in [5.74, 6) is -0.432. The van der Waals surface area contributed by atoms with E-state index in [2.05, 4.69) is 15.9 Å². The van der Waals surface area contributed by atoms with Gasteiger partial charge in [0, 0.05) is 16.8 Å². The molecule has 0 aliphatic carbocycles. The maximum Gasteiger partial charge on any atom is 0.340 e. The van der Waals surface area contributed by atoms with Crippen LogP contribution in [0.2, 0.25) is 0 Å². The summed E-state index contributed by atoms with van der Waals surface area (Å²) >= 11 is 3.27. The van der Waals surface area contributed by atoms with E-state index in [4.69, 9.17) is 15.2 Å². The molecular weight excluding hydrogens is 274 g/mol. The molecule has 0 saturated heterocycles. The molecule has 0 aromatic heterocycles. The number of hydrogen-bond donors (Lipinski definition) is 1. The van der Waals surface area contributed by atoms with Gasteiger partial charge in [-0.3, -0.25) is 0 Å². The minimum Gasteiger partial charge on any atom is -0.460 e. The van der Waals surface area contributed by atoms with Gasteiger partial charge in [0.15, 0.2) is 0 Å². The molecule has 1 aromatic carbocycles. The molecule has 0 fully saturated rings. The van der Waals surface area contributed by atoms with Gasteiger partial charge in [-0.1, -0.05) is 15.9 Å². The van der Waals surface area contributed by atoms with E-state index in [-0.39, 0.29) is 6.61 Å². The van der Waals surface area contributed by atoms with Crippen LogP contribution in [-0.2, 0) is 9.47 Å². The van der Waals surface area contributed by atoms with E-state index in [9.17, 15) is 4.79 Å². The van der Waals surface area contributed by atoms with Gasteiger partial charge in [0.2, 0.25) is 0 Å².